The minimum absolute atomic E-state index is 0.143. The maximum atomic E-state index is 13.0. The molecule has 6 heteroatoms. The summed E-state index contributed by atoms with van der Waals surface area (Å²) in [7, 11) is 1.82. The zero-order chi connectivity index (χ0) is 19.7. The van der Waals surface area contributed by atoms with Crippen molar-refractivity contribution in [2.75, 3.05) is 18.9 Å². The van der Waals surface area contributed by atoms with Crippen LogP contribution < -0.4 is 10.9 Å². The van der Waals surface area contributed by atoms with Crippen LogP contribution in [-0.4, -0.2) is 24.4 Å². The van der Waals surface area contributed by atoms with Gasteiger partial charge < -0.3 is 9.73 Å². The Labute approximate surface area is 161 Å². The molecule has 2 aromatic carbocycles. The first kappa shape index (κ1) is 18.4. The third kappa shape index (κ3) is 3.97. The topological polar surface area (TPSA) is 62.6 Å². The van der Waals surface area contributed by atoms with Crippen molar-refractivity contribution in [2.45, 2.75) is 25.8 Å². The summed E-state index contributed by atoms with van der Waals surface area (Å²) in [6.07, 6.45) is 3.18. The molecule has 0 spiro atoms. The number of hydrogen-bond acceptors (Lipinski definition) is 4. The summed E-state index contributed by atoms with van der Waals surface area (Å²) in [6, 6.07) is 11.2. The Hall–Kier alpha value is -2.99. The van der Waals surface area contributed by atoms with Gasteiger partial charge in [-0.2, -0.15) is 0 Å². The second-order valence-corrected chi connectivity index (χ2v) is 7.29. The highest BCUT2D eigenvalue weighted by Gasteiger charge is 2.16. The second-order valence-electron chi connectivity index (χ2n) is 7.29. The Bertz CT molecular complexity index is 1090. The van der Waals surface area contributed by atoms with Gasteiger partial charge in [-0.1, -0.05) is 0 Å². The number of anilines is 1. The molecule has 0 bridgehead atoms. The molecule has 0 fully saturated rings. The van der Waals surface area contributed by atoms with E-state index in [0.717, 1.165) is 30.2 Å². The number of nitrogens with one attached hydrogen (secondary N) is 1. The first-order valence-electron chi connectivity index (χ1n) is 9.30. The number of carbonyl (C=O) groups is 1. The molecule has 28 heavy (non-hydrogen) atoms. The molecule has 144 valence electrons. The lowest BCUT2D eigenvalue weighted by Gasteiger charge is -2.17. The van der Waals surface area contributed by atoms with Gasteiger partial charge in [0.05, 0.1) is 6.54 Å². The monoisotopic (exact) mass is 380 g/mol. The first-order chi connectivity index (χ1) is 13.5. The average Bonchev–Trinajstić information content (AvgIpc) is 3.09. The van der Waals surface area contributed by atoms with Gasteiger partial charge in [-0.15, -0.1) is 0 Å². The highest BCUT2D eigenvalue weighted by atomic mass is 19.1. The van der Waals surface area contributed by atoms with Gasteiger partial charge in [0.1, 0.15) is 11.4 Å². The molecule has 0 radical (unpaired) electrons. The van der Waals surface area contributed by atoms with E-state index in [9.17, 15) is 14.0 Å². The van der Waals surface area contributed by atoms with E-state index in [0.29, 0.717) is 17.8 Å². The predicted molar refractivity (Wildman–Crippen MR) is 106 cm³/mol. The fraction of sp³-hybridized carbons (Fsp3) is 0.273. The number of aryl methyl sites for hydroxylation is 2. The van der Waals surface area contributed by atoms with Crippen LogP contribution in [0.4, 0.5) is 10.1 Å². The Morgan fingerprint density at radius 2 is 1.86 bits per heavy atom. The van der Waals surface area contributed by atoms with Crippen molar-refractivity contribution in [1.29, 1.82) is 0 Å². The van der Waals surface area contributed by atoms with Gasteiger partial charge in [-0.05, 0) is 79.4 Å². The van der Waals surface area contributed by atoms with E-state index in [1.54, 1.807) is 0 Å². The van der Waals surface area contributed by atoms with Crippen LogP contribution >= 0.6 is 0 Å². The fourth-order valence-electron chi connectivity index (χ4n) is 3.75. The van der Waals surface area contributed by atoms with Gasteiger partial charge in [0.2, 0.25) is 5.91 Å². The Morgan fingerprint density at radius 1 is 1.14 bits per heavy atom. The molecule has 0 atom stereocenters. The zero-order valence-corrected chi connectivity index (χ0v) is 15.6. The van der Waals surface area contributed by atoms with Crippen LogP contribution in [0.2, 0.25) is 0 Å². The summed E-state index contributed by atoms with van der Waals surface area (Å²) in [5.41, 5.74) is 4.16. The molecule has 0 aliphatic heterocycles. The molecule has 3 aromatic rings. The number of likely N-dealkylation sites (N-methyl/N-ethyl adjacent to an activating group) is 1. The van der Waals surface area contributed by atoms with E-state index in [-0.39, 0.29) is 23.9 Å². The zero-order valence-electron chi connectivity index (χ0n) is 15.6. The summed E-state index contributed by atoms with van der Waals surface area (Å²) in [6.45, 7) is 0.585. The van der Waals surface area contributed by atoms with E-state index < -0.39 is 0 Å². The Balaban J connectivity index is 1.50. The lowest BCUT2D eigenvalue weighted by Crippen LogP contribution is -2.30. The quantitative estimate of drug-likeness (QED) is 0.689. The number of nitrogens with zero attached hydrogens (tertiary/aromatic N) is 1. The largest absolute Gasteiger partial charge is 0.423 e. The van der Waals surface area contributed by atoms with Crippen molar-refractivity contribution in [2.24, 2.45) is 0 Å². The highest BCUT2D eigenvalue weighted by Crippen LogP contribution is 2.28. The maximum Gasteiger partial charge on any atom is 0.336 e. The number of carbonyl (C=O) groups excluding carboxylic acids is 1. The number of halogens is 1. The molecule has 4 rings (SSSR count). The van der Waals surface area contributed by atoms with Crippen LogP contribution in [0.1, 0.15) is 23.1 Å². The Morgan fingerprint density at radius 3 is 2.61 bits per heavy atom. The standard InChI is InChI=1S/C22H21FN2O3/c1-25(13-21(26)24-18-7-5-17(23)6-8-18)12-16-11-22(27)28-20-10-15-4-2-3-14(15)9-19(16)20/h5-11H,2-4,12-13H2,1H3,(H,24,26). The van der Waals surface area contributed by atoms with Crippen LogP contribution in [0.25, 0.3) is 11.0 Å². The molecule has 0 saturated carbocycles. The van der Waals surface area contributed by atoms with Crippen LogP contribution in [0.5, 0.6) is 0 Å². The van der Waals surface area contributed by atoms with Crippen molar-refractivity contribution in [3.63, 3.8) is 0 Å². The molecular weight excluding hydrogens is 359 g/mol. The maximum absolute atomic E-state index is 13.0. The SMILES string of the molecule is CN(CC(=O)Nc1ccc(F)cc1)Cc1cc(=O)oc2cc3c(cc12)CCC3. The molecule has 0 unspecified atom stereocenters. The number of benzene rings is 2. The van der Waals surface area contributed by atoms with E-state index in [2.05, 4.69) is 11.4 Å². The normalized spacial score (nSPS) is 13.1. The van der Waals surface area contributed by atoms with Crippen molar-refractivity contribution in [3.8, 4) is 0 Å². The van der Waals surface area contributed by atoms with E-state index in [1.165, 1.54) is 41.5 Å². The third-order valence-corrected chi connectivity index (χ3v) is 5.02. The number of hydrogen-bond donors (Lipinski definition) is 1. The summed E-state index contributed by atoms with van der Waals surface area (Å²) in [5, 5.41) is 3.66. The molecule has 1 N–H and O–H groups in total. The number of rotatable bonds is 5. The molecule has 1 aromatic heterocycles. The van der Waals surface area contributed by atoms with Crippen LogP contribution in [-0.2, 0) is 24.2 Å². The van der Waals surface area contributed by atoms with Crippen molar-refractivity contribution in [1.82, 2.24) is 4.90 Å². The molecular formula is C22H21FN2O3. The van der Waals surface area contributed by atoms with E-state index >= 15 is 0 Å². The Kier molecular flexibility index (Phi) is 4.96. The summed E-state index contributed by atoms with van der Waals surface area (Å²) in [5.74, 6) is -0.557. The van der Waals surface area contributed by atoms with Crippen LogP contribution in [0.15, 0.2) is 51.7 Å². The van der Waals surface area contributed by atoms with Gasteiger partial charge >= 0.3 is 5.63 Å². The average molecular weight is 380 g/mol. The first-order valence-corrected chi connectivity index (χ1v) is 9.30. The van der Waals surface area contributed by atoms with Crippen molar-refractivity contribution >= 4 is 22.6 Å². The van der Waals surface area contributed by atoms with E-state index in [1.807, 2.05) is 18.0 Å². The van der Waals surface area contributed by atoms with Gasteiger partial charge in [0.15, 0.2) is 0 Å². The van der Waals surface area contributed by atoms with Crippen LogP contribution in [0.3, 0.4) is 0 Å². The second kappa shape index (κ2) is 7.56. The smallest absolute Gasteiger partial charge is 0.336 e. The minimum atomic E-state index is -0.385. The van der Waals surface area contributed by atoms with Gasteiger partial charge in [0, 0.05) is 23.7 Å². The molecule has 0 saturated heterocycles. The molecule has 5 nitrogen and oxygen atoms in total. The fourth-order valence-corrected chi connectivity index (χ4v) is 3.75. The summed E-state index contributed by atoms with van der Waals surface area (Å²) >= 11 is 0. The van der Waals surface area contributed by atoms with Crippen LogP contribution in [0, 0.1) is 5.82 Å². The predicted octanol–water partition coefficient (Wildman–Crippen LogP) is 3.49. The minimum Gasteiger partial charge on any atom is -0.423 e. The molecule has 1 aliphatic rings. The van der Waals surface area contributed by atoms with Gasteiger partial charge in [-0.25, -0.2) is 9.18 Å². The van der Waals surface area contributed by atoms with Crippen molar-refractivity contribution < 1.29 is 13.6 Å². The highest BCUT2D eigenvalue weighted by molar-refractivity contribution is 5.92. The number of fused-ring (bicyclic) bond motifs is 2. The lowest BCUT2D eigenvalue weighted by atomic mass is 10.0. The summed E-state index contributed by atoms with van der Waals surface area (Å²) < 4.78 is 18.4. The summed E-state index contributed by atoms with van der Waals surface area (Å²) in [4.78, 5) is 26.1. The third-order valence-electron chi connectivity index (χ3n) is 5.02. The van der Waals surface area contributed by atoms with Crippen molar-refractivity contribution in [3.05, 3.63) is 75.4 Å². The number of amides is 1. The van der Waals surface area contributed by atoms with Gasteiger partial charge in [0.25, 0.3) is 0 Å². The van der Waals surface area contributed by atoms with E-state index in [4.69, 9.17) is 4.42 Å². The molecule has 1 aliphatic carbocycles. The molecule has 1 heterocycles. The molecule has 1 amide bonds. The lowest BCUT2D eigenvalue weighted by molar-refractivity contribution is -0.117. The van der Waals surface area contributed by atoms with Gasteiger partial charge in [-0.3, -0.25) is 9.69 Å².